The van der Waals surface area contributed by atoms with E-state index in [1.54, 1.807) is 34.8 Å². The number of carbonyl (C=O) groups excluding carboxylic acids is 1. The van der Waals surface area contributed by atoms with Crippen molar-refractivity contribution in [3.63, 3.8) is 0 Å². The molecule has 6 aromatic heterocycles. The van der Waals surface area contributed by atoms with Crippen LogP contribution in [0.3, 0.4) is 0 Å². The van der Waals surface area contributed by atoms with Crippen molar-refractivity contribution in [3.05, 3.63) is 60.4 Å². The van der Waals surface area contributed by atoms with E-state index in [0.717, 1.165) is 27.0 Å². The van der Waals surface area contributed by atoms with Crippen molar-refractivity contribution < 1.29 is 4.79 Å². The van der Waals surface area contributed by atoms with Crippen molar-refractivity contribution in [1.29, 1.82) is 0 Å². The van der Waals surface area contributed by atoms with Gasteiger partial charge in [0.05, 0.1) is 35.2 Å². The number of imidazole rings is 1. The van der Waals surface area contributed by atoms with Crippen LogP contribution in [0.4, 0.5) is 5.69 Å². The van der Waals surface area contributed by atoms with Crippen molar-refractivity contribution >= 4 is 45.1 Å². The summed E-state index contributed by atoms with van der Waals surface area (Å²) in [6.07, 6.45) is 5.09. The van der Waals surface area contributed by atoms with Crippen LogP contribution in [0.5, 0.6) is 0 Å². The summed E-state index contributed by atoms with van der Waals surface area (Å²) in [5.74, 6) is 0.472. The largest absolute Gasteiger partial charge is 0.335 e. The number of carbonyl (C=O) groups is 1. The predicted molar refractivity (Wildman–Crippen MR) is 140 cm³/mol. The summed E-state index contributed by atoms with van der Waals surface area (Å²) < 4.78 is 0. The Morgan fingerprint density at radius 1 is 1.14 bits per heavy atom. The van der Waals surface area contributed by atoms with Gasteiger partial charge in [0, 0.05) is 28.4 Å². The lowest BCUT2D eigenvalue weighted by Crippen LogP contribution is -2.27. The molecule has 0 saturated carbocycles. The number of nitrogens with zero attached hydrogens (tertiary/aromatic N) is 6. The highest BCUT2D eigenvalue weighted by atomic mass is 32.1. The Morgan fingerprint density at radius 3 is 2.89 bits per heavy atom. The number of fused-ring (bicyclic) bond motifs is 2. The number of thiophene rings is 1. The molecule has 0 saturated heterocycles. The Kier molecular flexibility index (Phi) is 5.47. The minimum Gasteiger partial charge on any atom is -0.335 e. The van der Waals surface area contributed by atoms with Crippen LogP contribution in [-0.2, 0) is 4.79 Å². The second-order valence-electron chi connectivity index (χ2n) is 8.53. The number of hydrogen-bond acceptors (Lipinski definition) is 8. The Labute approximate surface area is 209 Å². The maximum atomic E-state index is 12.2. The highest BCUT2D eigenvalue weighted by Gasteiger charge is 2.18. The minimum absolute atomic E-state index is 0.111. The molecule has 6 heterocycles. The van der Waals surface area contributed by atoms with Gasteiger partial charge in [0.15, 0.2) is 17.2 Å². The molecule has 178 valence electrons. The molecule has 36 heavy (non-hydrogen) atoms. The van der Waals surface area contributed by atoms with Gasteiger partial charge in [0.2, 0.25) is 5.91 Å². The van der Waals surface area contributed by atoms with Crippen LogP contribution in [0, 0.1) is 0 Å². The second-order valence-corrected chi connectivity index (χ2v) is 9.48. The minimum atomic E-state index is -0.111. The summed E-state index contributed by atoms with van der Waals surface area (Å²) in [6.45, 7) is 0.285. The number of H-pyrrole nitrogens is 2. The number of nitrogens with one attached hydrogen (secondary N) is 3. The molecule has 0 atom stereocenters. The van der Waals surface area contributed by atoms with Gasteiger partial charge in [-0.05, 0) is 49.8 Å². The molecule has 0 unspecified atom stereocenters. The topological polar surface area (TPSA) is 128 Å². The zero-order valence-electron chi connectivity index (χ0n) is 19.5. The van der Waals surface area contributed by atoms with Gasteiger partial charge < -0.3 is 15.2 Å². The molecule has 0 aliphatic heterocycles. The number of amides is 1. The average Bonchev–Trinajstić information content (AvgIpc) is 3.62. The zero-order chi connectivity index (χ0) is 24.6. The summed E-state index contributed by atoms with van der Waals surface area (Å²) in [4.78, 5) is 36.8. The first-order valence-corrected chi connectivity index (χ1v) is 12.1. The number of aromatic amines is 2. The van der Waals surface area contributed by atoms with E-state index in [9.17, 15) is 4.79 Å². The van der Waals surface area contributed by atoms with Crippen LogP contribution in [0.15, 0.2) is 60.4 Å². The quantitative estimate of drug-likeness (QED) is 0.316. The van der Waals surface area contributed by atoms with Crippen molar-refractivity contribution in [2.45, 2.75) is 0 Å². The molecule has 0 aliphatic rings. The molecular weight excluding hydrogens is 474 g/mol. The van der Waals surface area contributed by atoms with Gasteiger partial charge in [0.1, 0.15) is 5.52 Å². The van der Waals surface area contributed by atoms with Crippen molar-refractivity contribution in [2.24, 2.45) is 0 Å². The van der Waals surface area contributed by atoms with E-state index in [1.807, 2.05) is 49.8 Å². The summed E-state index contributed by atoms with van der Waals surface area (Å²) in [7, 11) is 3.69. The third-order valence-electron chi connectivity index (χ3n) is 5.59. The first-order valence-electron chi connectivity index (χ1n) is 11.2. The number of aromatic nitrogens is 7. The van der Waals surface area contributed by atoms with Gasteiger partial charge in [-0.1, -0.05) is 6.07 Å². The molecule has 0 aliphatic carbocycles. The molecule has 0 spiro atoms. The molecular formula is C25H21N9OS. The fourth-order valence-electron chi connectivity index (χ4n) is 4.02. The first kappa shape index (κ1) is 22.0. The number of anilines is 1. The van der Waals surface area contributed by atoms with Gasteiger partial charge in [-0.3, -0.25) is 14.9 Å². The van der Waals surface area contributed by atoms with Crippen molar-refractivity contribution in [2.75, 3.05) is 26.0 Å². The molecule has 11 heteroatoms. The Hall–Kier alpha value is -4.48. The fourth-order valence-corrected chi connectivity index (χ4v) is 4.78. The van der Waals surface area contributed by atoms with E-state index in [-0.39, 0.29) is 12.5 Å². The molecule has 0 aromatic carbocycles. The fraction of sp³-hybridized carbons (Fsp3) is 0.120. The Bertz CT molecular complexity index is 1700. The number of rotatable bonds is 6. The molecule has 3 N–H and O–H groups in total. The maximum absolute atomic E-state index is 12.2. The van der Waals surface area contributed by atoms with Crippen molar-refractivity contribution in [1.82, 2.24) is 40.0 Å². The normalized spacial score (nSPS) is 11.5. The van der Waals surface area contributed by atoms with E-state index in [0.29, 0.717) is 34.1 Å². The van der Waals surface area contributed by atoms with Crippen LogP contribution in [0.25, 0.3) is 55.4 Å². The van der Waals surface area contributed by atoms with Crippen LogP contribution < -0.4 is 5.32 Å². The highest BCUT2D eigenvalue weighted by Crippen LogP contribution is 2.32. The summed E-state index contributed by atoms with van der Waals surface area (Å²) in [6, 6.07) is 11.7. The van der Waals surface area contributed by atoms with Gasteiger partial charge in [-0.25, -0.2) is 15.0 Å². The molecule has 6 aromatic rings. The van der Waals surface area contributed by atoms with Crippen LogP contribution in [-0.4, -0.2) is 66.6 Å². The maximum Gasteiger partial charge on any atom is 0.238 e. The third kappa shape index (κ3) is 4.10. The lowest BCUT2D eigenvalue weighted by molar-refractivity contribution is -0.116. The monoisotopic (exact) mass is 495 g/mol. The molecule has 1 amide bonds. The zero-order valence-corrected chi connectivity index (χ0v) is 20.3. The Balaban J connectivity index is 1.38. The van der Waals surface area contributed by atoms with E-state index in [4.69, 9.17) is 9.97 Å². The lowest BCUT2D eigenvalue weighted by Gasteiger charge is -2.10. The Morgan fingerprint density at radius 2 is 2.06 bits per heavy atom. The molecule has 10 nitrogen and oxygen atoms in total. The standard InChI is InChI=1S/C25H21N9OS/c1-34(2)13-20(35)28-15-10-14(11-26-12-15)17-5-6-18-22(29-17)23(33-32-18)25-30-21-16(19-4-3-9-36-19)7-8-27-24(21)31-25/h3-12H,13H2,1-2H3,(H,28,35)(H,32,33)(H,27,30,31). The molecule has 0 radical (unpaired) electrons. The first-order chi connectivity index (χ1) is 17.5. The van der Waals surface area contributed by atoms with E-state index in [2.05, 4.69) is 36.5 Å². The van der Waals surface area contributed by atoms with Gasteiger partial charge in [-0.2, -0.15) is 5.10 Å². The van der Waals surface area contributed by atoms with Gasteiger partial charge >= 0.3 is 0 Å². The van der Waals surface area contributed by atoms with Crippen molar-refractivity contribution in [3.8, 4) is 33.2 Å². The smallest absolute Gasteiger partial charge is 0.238 e. The number of hydrogen-bond donors (Lipinski definition) is 3. The summed E-state index contributed by atoms with van der Waals surface area (Å²) >= 11 is 1.66. The summed E-state index contributed by atoms with van der Waals surface area (Å²) in [5, 5.41) is 12.4. The van der Waals surface area contributed by atoms with Crippen LogP contribution >= 0.6 is 11.3 Å². The molecule has 0 fully saturated rings. The van der Waals surface area contributed by atoms with Crippen LogP contribution in [0.1, 0.15) is 0 Å². The predicted octanol–water partition coefficient (Wildman–Crippen LogP) is 4.19. The van der Waals surface area contributed by atoms with Crippen LogP contribution in [0.2, 0.25) is 0 Å². The van der Waals surface area contributed by atoms with Gasteiger partial charge in [-0.15, -0.1) is 11.3 Å². The average molecular weight is 496 g/mol. The van der Waals surface area contributed by atoms with E-state index in [1.165, 1.54) is 0 Å². The van der Waals surface area contributed by atoms with Gasteiger partial charge in [0.25, 0.3) is 0 Å². The number of likely N-dealkylation sites (N-methyl/N-ethyl adjacent to an activating group) is 1. The van der Waals surface area contributed by atoms with E-state index >= 15 is 0 Å². The number of pyridine rings is 3. The third-order valence-corrected chi connectivity index (χ3v) is 6.49. The SMILES string of the molecule is CN(C)CC(=O)Nc1cncc(-c2ccc3[nH]nc(-c4nc5nccc(-c6cccs6)c5[nH]4)c3n2)c1. The lowest BCUT2D eigenvalue weighted by atomic mass is 10.1. The highest BCUT2D eigenvalue weighted by molar-refractivity contribution is 7.13. The molecule has 6 rings (SSSR count). The molecule has 0 bridgehead atoms. The second kappa shape index (κ2) is 8.95. The van der Waals surface area contributed by atoms with E-state index < -0.39 is 0 Å². The summed E-state index contributed by atoms with van der Waals surface area (Å²) in [5.41, 5.74) is 6.66.